The summed E-state index contributed by atoms with van der Waals surface area (Å²) < 4.78 is 0. The number of nitriles is 2. The summed E-state index contributed by atoms with van der Waals surface area (Å²) in [7, 11) is 0. The van der Waals surface area contributed by atoms with Crippen LogP contribution in [0.1, 0.15) is 48.6 Å². The van der Waals surface area contributed by atoms with Crippen molar-refractivity contribution in [3.63, 3.8) is 0 Å². The van der Waals surface area contributed by atoms with E-state index in [1.807, 2.05) is 24.3 Å². The molecule has 0 atom stereocenters. The van der Waals surface area contributed by atoms with Gasteiger partial charge in [-0.05, 0) is 127 Å². The summed E-state index contributed by atoms with van der Waals surface area (Å²) >= 11 is 0. The first kappa shape index (κ1) is 37.8. The van der Waals surface area contributed by atoms with E-state index in [1.165, 1.54) is 27.1 Å². The quantitative estimate of drug-likeness (QED) is 0.166. The van der Waals surface area contributed by atoms with Crippen molar-refractivity contribution in [1.29, 1.82) is 10.5 Å². The predicted molar refractivity (Wildman–Crippen MR) is 261 cm³/mol. The number of fused-ring (bicyclic) bond motifs is 6. The molecule has 10 aromatic rings. The molecule has 10 aromatic carbocycles. The van der Waals surface area contributed by atoms with Gasteiger partial charge in [0.25, 0.3) is 0 Å². The Morgan fingerprint density at radius 3 is 1.27 bits per heavy atom. The molecular formula is C59H42N4. The summed E-state index contributed by atoms with van der Waals surface area (Å²) in [5.41, 5.74) is 15.5. The predicted octanol–water partition coefficient (Wildman–Crippen LogP) is 15.8. The van der Waals surface area contributed by atoms with Crippen LogP contribution in [-0.2, 0) is 11.8 Å². The van der Waals surface area contributed by atoms with Crippen LogP contribution in [0.15, 0.2) is 188 Å². The van der Waals surface area contributed by atoms with E-state index < -0.39 is 0 Å². The van der Waals surface area contributed by atoms with E-state index >= 15 is 0 Å². The van der Waals surface area contributed by atoms with E-state index in [9.17, 15) is 10.5 Å². The van der Waals surface area contributed by atoms with Gasteiger partial charge in [-0.2, -0.15) is 10.5 Å². The molecule has 0 aromatic heterocycles. The summed E-state index contributed by atoms with van der Waals surface area (Å²) in [6.07, 6.45) is 0.643. The molecule has 63 heavy (non-hydrogen) atoms. The highest BCUT2D eigenvalue weighted by atomic mass is 15.2. The molecule has 0 aliphatic carbocycles. The van der Waals surface area contributed by atoms with Gasteiger partial charge in [-0.25, -0.2) is 0 Å². The van der Waals surface area contributed by atoms with E-state index in [-0.39, 0.29) is 5.41 Å². The second-order valence-corrected chi connectivity index (χ2v) is 17.6. The van der Waals surface area contributed by atoms with Crippen molar-refractivity contribution in [3.05, 3.63) is 216 Å². The Balaban J connectivity index is 1.32. The molecule has 11 rings (SSSR count). The first-order valence-electron chi connectivity index (χ1n) is 21.5. The topological polar surface area (TPSA) is 54.1 Å². The number of benzene rings is 10. The van der Waals surface area contributed by atoms with Crippen LogP contribution in [0.2, 0.25) is 0 Å². The molecule has 1 heterocycles. The van der Waals surface area contributed by atoms with Crippen molar-refractivity contribution in [2.45, 2.75) is 32.6 Å². The monoisotopic (exact) mass is 806 g/mol. The molecule has 0 spiro atoms. The van der Waals surface area contributed by atoms with E-state index in [4.69, 9.17) is 0 Å². The van der Waals surface area contributed by atoms with Crippen LogP contribution >= 0.6 is 0 Å². The minimum atomic E-state index is -0.0309. The summed E-state index contributed by atoms with van der Waals surface area (Å²) in [6.45, 7) is 6.84. The highest BCUT2D eigenvalue weighted by Gasteiger charge is 2.29. The molecule has 1 aliphatic heterocycles. The maximum Gasteiger partial charge on any atom is 0.0991 e. The van der Waals surface area contributed by atoms with Crippen LogP contribution in [0, 0.1) is 22.7 Å². The first-order valence-corrected chi connectivity index (χ1v) is 21.5. The Labute approximate surface area is 368 Å². The minimum absolute atomic E-state index is 0.0309. The van der Waals surface area contributed by atoms with Crippen LogP contribution in [0.4, 0.5) is 34.1 Å². The van der Waals surface area contributed by atoms with Crippen LogP contribution in [0.25, 0.3) is 54.6 Å². The van der Waals surface area contributed by atoms with Crippen LogP contribution < -0.4 is 9.80 Å². The van der Waals surface area contributed by atoms with E-state index in [2.05, 4.69) is 207 Å². The number of rotatable bonds is 4. The molecule has 2 bridgehead atoms. The van der Waals surface area contributed by atoms with Crippen LogP contribution in [0.5, 0.6) is 0 Å². The van der Waals surface area contributed by atoms with Gasteiger partial charge in [-0.15, -0.1) is 0 Å². The van der Waals surface area contributed by atoms with Gasteiger partial charge in [-0.1, -0.05) is 142 Å². The second-order valence-electron chi connectivity index (χ2n) is 17.6. The molecule has 0 radical (unpaired) electrons. The fraction of sp³-hybridized carbons (Fsp3) is 0.0847. The second kappa shape index (κ2) is 14.8. The number of anilines is 6. The SMILES string of the molecule is CC(C)(C)c1cc2ccc3c4cc(c5ccc(c1)c2c35)N(c1ccc(C#N)cc1)c1cc(-c2ccccc2)ccc1Cc1ccc(-c2ccccc2)cc1N4c1ccc(C#N)cc1. The van der Waals surface area contributed by atoms with E-state index in [1.54, 1.807) is 0 Å². The molecule has 0 amide bonds. The number of nitrogens with zero attached hydrogens (tertiary/aromatic N) is 4. The molecule has 4 nitrogen and oxygen atoms in total. The van der Waals surface area contributed by atoms with Crippen molar-refractivity contribution in [3.8, 4) is 34.4 Å². The smallest absolute Gasteiger partial charge is 0.0991 e. The normalized spacial score (nSPS) is 12.5. The third kappa shape index (κ3) is 6.44. The van der Waals surface area contributed by atoms with Gasteiger partial charge in [0, 0.05) is 34.0 Å². The van der Waals surface area contributed by atoms with Crippen molar-refractivity contribution >= 4 is 66.4 Å². The lowest BCUT2D eigenvalue weighted by Gasteiger charge is -2.36. The Bertz CT molecular complexity index is 3240. The first-order chi connectivity index (χ1) is 30.7. The van der Waals surface area contributed by atoms with Crippen molar-refractivity contribution < 1.29 is 0 Å². The third-order valence-electron chi connectivity index (χ3n) is 12.8. The Hall–Kier alpha value is -8.18. The highest BCUT2D eigenvalue weighted by molar-refractivity contribution is 6.29. The largest absolute Gasteiger partial charge is 0.309 e. The van der Waals surface area contributed by atoms with Crippen molar-refractivity contribution in [2.24, 2.45) is 0 Å². The van der Waals surface area contributed by atoms with E-state index in [0.717, 1.165) is 78.3 Å². The van der Waals surface area contributed by atoms with Gasteiger partial charge in [0.05, 0.1) is 46.0 Å². The molecule has 298 valence electrons. The zero-order valence-electron chi connectivity index (χ0n) is 35.4. The molecule has 0 saturated heterocycles. The van der Waals surface area contributed by atoms with Gasteiger partial charge in [0.2, 0.25) is 0 Å². The summed E-state index contributed by atoms with van der Waals surface area (Å²) in [5, 5.41) is 27.0. The van der Waals surface area contributed by atoms with Crippen molar-refractivity contribution in [2.75, 3.05) is 9.80 Å². The average Bonchev–Trinajstić information content (AvgIpc) is 3.32. The zero-order valence-corrected chi connectivity index (χ0v) is 35.4. The molecule has 0 N–H and O–H groups in total. The zero-order chi connectivity index (χ0) is 42.8. The minimum Gasteiger partial charge on any atom is -0.309 e. The number of hydrogen-bond acceptors (Lipinski definition) is 4. The third-order valence-corrected chi connectivity index (χ3v) is 12.8. The standard InChI is InChI=1S/C59H42N4/c1-59(2,3)48-31-46-22-28-51-55-35-56(52-29-23-47(32-48)57(46)58(51)52)63(50-26-16-39(37-61)17-27-50)54-34-43(41-12-8-5-9-13-41)19-21-45(54)30-44-20-18-42(40-10-6-4-7-11-40)33-53(44)62(55)49-24-14-38(36-60)15-25-49/h4-29,31-35H,30H2,1-3H3. The number of hydrogen-bond donors (Lipinski definition) is 0. The average molecular weight is 807 g/mol. The molecule has 1 aliphatic rings. The molecule has 0 fully saturated rings. The molecule has 0 unspecified atom stereocenters. The van der Waals surface area contributed by atoms with Gasteiger partial charge in [0.15, 0.2) is 0 Å². The summed E-state index contributed by atoms with van der Waals surface area (Å²) in [6, 6.07) is 71.9. The maximum absolute atomic E-state index is 9.96. The lowest BCUT2D eigenvalue weighted by Crippen LogP contribution is -2.19. The maximum atomic E-state index is 9.96. The Morgan fingerprint density at radius 1 is 0.413 bits per heavy atom. The lowest BCUT2D eigenvalue weighted by molar-refractivity contribution is 0.591. The van der Waals surface area contributed by atoms with Gasteiger partial charge in [-0.3, -0.25) is 0 Å². The fourth-order valence-electron chi connectivity index (χ4n) is 9.54. The Morgan fingerprint density at radius 2 is 0.857 bits per heavy atom. The highest BCUT2D eigenvalue weighted by Crippen LogP contribution is 2.53. The molecule has 0 saturated carbocycles. The fourth-order valence-corrected chi connectivity index (χ4v) is 9.54. The Kier molecular flexibility index (Phi) is 8.86. The van der Waals surface area contributed by atoms with Gasteiger partial charge >= 0.3 is 0 Å². The lowest BCUT2D eigenvalue weighted by atomic mass is 9.83. The van der Waals surface area contributed by atoms with Crippen molar-refractivity contribution in [1.82, 2.24) is 0 Å². The summed E-state index contributed by atoms with van der Waals surface area (Å²) in [4.78, 5) is 4.83. The molecular weight excluding hydrogens is 765 g/mol. The summed E-state index contributed by atoms with van der Waals surface area (Å²) in [5.74, 6) is 0. The molecule has 4 heteroatoms. The van der Waals surface area contributed by atoms with Crippen LogP contribution in [-0.4, -0.2) is 0 Å². The van der Waals surface area contributed by atoms with Gasteiger partial charge < -0.3 is 9.80 Å². The van der Waals surface area contributed by atoms with Crippen LogP contribution in [0.3, 0.4) is 0 Å². The van der Waals surface area contributed by atoms with Gasteiger partial charge in [0.1, 0.15) is 0 Å². The van der Waals surface area contributed by atoms with E-state index in [0.29, 0.717) is 17.5 Å².